The molecule has 0 radical (unpaired) electrons. The third kappa shape index (κ3) is 3.53. The normalized spacial score (nSPS) is 16.3. The average molecular weight is 399 g/mol. The lowest BCUT2D eigenvalue weighted by Gasteiger charge is -2.15. The summed E-state index contributed by atoms with van der Waals surface area (Å²) in [7, 11) is 1.90. The van der Waals surface area contributed by atoms with Crippen molar-refractivity contribution in [3.05, 3.63) is 54.2 Å². The maximum Gasteiger partial charge on any atom is 0.414 e. The number of aromatic nitrogens is 1. The molecule has 150 valence electrons. The lowest BCUT2D eigenvalue weighted by Crippen LogP contribution is -2.33. The second kappa shape index (κ2) is 7.20. The highest BCUT2D eigenvalue weighted by molar-refractivity contribution is 5.91. The van der Waals surface area contributed by atoms with Gasteiger partial charge in [0.2, 0.25) is 5.91 Å². The van der Waals surface area contributed by atoms with Gasteiger partial charge in [-0.05, 0) is 35.9 Å². The van der Waals surface area contributed by atoms with Crippen molar-refractivity contribution in [2.45, 2.75) is 13.0 Å². The van der Waals surface area contributed by atoms with Gasteiger partial charge in [0.15, 0.2) is 0 Å². The van der Waals surface area contributed by atoms with E-state index in [0.29, 0.717) is 5.56 Å². The van der Waals surface area contributed by atoms with Gasteiger partial charge < -0.3 is 14.6 Å². The molecular formula is C21H19F2N3O3. The highest BCUT2D eigenvalue weighted by Crippen LogP contribution is 2.33. The summed E-state index contributed by atoms with van der Waals surface area (Å²) in [5.74, 6) is -1.79. The molecule has 2 heterocycles. The Morgan fingerprint density at radius 3 is 2.62 bits per heavy atom. The van der Waals surface area contributed by atoms with E-state index < -0.39 is 23.8 Å². The molecule has 29 heavy (non-hydrogen) atoms. The number of carbonyl (C=O) groups is 2. The Balaban J connectivity index is 1.63. The fourth-order valence-corrected chi connectivity index (χ4v) is 3.52. The average Bonchev–Trinajstić information content (AvgIpc) is 3.22. The van der Waals surface area contributed by atoms with Crippen molar-refractivity contribution in [3.63, 3.8) is 0 Å². The first-order chi connectivity index (χ1) is 13.8. The van der Waals surface area contributed by atoms with E-state index in [1.807, 2.05) is 29.9 Å². The third-order valence-corrected chi connectivity index (χ3v) is 4.97. The summed E-state index contributed by atoms with van der Waals surface area (Å²) in [6.07, 6.45) is 0.580. The van der Waals surface area contributed by atoms with Gasteiger partial charge >= 0.3 is 6.09 Å². The van der Waals surface area contributed by atoms with Crippen LogP contribution in [0.4, 0.5) is 19.3 Å². The minimum absolute atomic E-state index is 0.0693. The maximum atomic E-state index is 14.9. The number of aryl methyl sites for hydroxylation is 1. The van der Waals surface area contributed by atoms with E-state index >= 15 is 0 Å². The van der Waals surface area contributed by atoms with Gasteiger partial charge in [-0.1, -0.05) is 6.07 Å². The number of hydrogen-bond donors (Lipinski definition) is 1. The zero-order chi connectivity index (χ0) is 20.7. The predicted molar refractivity (Wildman–Crippen MR) is 105 cm³/mol. The van der Waals surface area contributed by atoms with Crippen molar-refractivity contribution >= 4 is 28.6 Å². The van der Waals surface area contributed by atoms with Crippen molar-refractivity contribution in [2.24, 2.45) is 7.05 Å². The summed E-state index contributed by atoms with van der Waals surface area (Å²) in [4.78, 5) is 24.3. The van der Waals surface area contributed by atoms with Gasteiger partial charge in [-0.15, -0.1) is 0 Å². The van der Waals surface area contributed by atoms with Gasteiger partial charge in [-0.25, -0.2) is 13.6 Å². The molecule has 8 heteroatoms. The van der Waals surface area contributed by atoms with Gasteiger partial charge in [0, 0.05) is 31.1 Å². The van der Waals surface area contributed by atoms with Crippen LogP contribution in [-0.2, 0) is 16.6 Å². The van der Waals surface area contributed by atoms with E-state index in [2.05, 4.69) is 5.32 Å². The Bertz CT molecular complexity index is 1100. The number of nitrogens with zero attached hydrogens (tertiary/aromatic N) is 2. The molecule has 1 atom stereocenters. The fourth-order valence-electron chi connectivity index (χ4n) is 3.52. The van der Waals surface area contributed by atoms with Crippen LogP contribution >= 0.6 is 0 Å². The van der Waals surface area contributed by atoms with Crippen molar-refractivity contribution in [3.8, 4) is 11.1 Å². The van der Waals surface area contributed by atoms with Gasteiger partial charge in [-0.3, -0.25) is 9.69 Å². The van der Waals surface area contributed by atoms with Crippen LogP contribution in [0.2, 0.25) is 0 Å². The molecular weight excluding hydrogens is 380 g/mol. The highest BCUT2D eigenvalue weighted by Gasteiger charge is 2.33. The SMILES string of the molecule is CC(=O)NCC1CN(c2cc(F)c(-c3ccc4c(ccn4C)c3)c(F)c2)C(=O)O1. The quantitative estimate of drug-likeness (QED) is 0.729. The summed E-state index contributed by atoms with van der Waals surface area (Å²) in [6.45, 7) is 1.58. The van der Waals surface area contributed by atoms with Gasteiger partial charge in [-0.2, -0.15) is 0 Å². The smallest absolute Gasteiger partial charge is 0.414 e. The van der Waals surface area contributed by atoms with Crippen LogP contribution in [0.3, 0.4) is 0 Å². The molecule has 1 aromatic heterocycles. The number of nitrogens with one attached hydrogen (secondary N) is 1. The second-order valence-electron chi connectivity index (χ2n) is 7.04. The molecule has 1 aliphatic heterocycles. The zero-order valence-electron chi connectivity index (χ0n) is 15.9. The van der Waals surface area contributed by atoms with E-state index in [4.69, 9.17) is 4.74 Å². The molecule has 3 aromatic rings. The number of carbonyl (C=O) groups excluding carboxylic acids is 2. The number of hydrogen-bond acceptors (Lipinski definition) is 3. The molecule has 1 saturated heterocycles. The van der Waals surface area contributed by atoms with Crippen molar-refractivity contribution in [1.82, 2.24) is 9.88 Å². The standard InChI is InChI=1S/C21H19F2N3O3/c1-12(27)24-10-16-11-26(21(28)29-16)15-8-17(22)20(18(23)9-15)14-3-4-19-13(7-14)5-6-25(19)2/h3-9,16H,10-11H2,1-2H3,(H,24,27). The summed E-state index contributed by atoms with van der Waals surface area (Å²) in [5, 5.41) is 3.43. The number of ether oxygens (including phenoxy) is 1. The van der Waals surface area contributed by atoms with Crippen molar-refractivity contribution in [1.29, 1.82) is 0 Å². The Kier molecular flexibility index (Phi) is 4.70. The summed E-state index contributed by atoms with van der Waals surface area (Å²) in [5.41, 5.74) is 1.29. The lowest BCUT2D eigenvalue weighted by molar-refractivity contribution is -0.119. The van der Waals surface area contributed by atoms with E-state index in [9.17, 15) is 18.4 Å². The van der Waals surface area contributed by atoms with Crippen LogP contribution < -0.4 is 10.2 Å². The molecule has 2 aromatic carbocycles. The first-order valence-corrected chi connectivity index (χ1v) is 9.10. The molecule has 1 unspecified atom stereocenters. The molecule has 1 N–H and O–H groups in total. The summed E-state index contributed by atoms with van der Waals surface area (Å²) in [6, 6.07) is 9.31. The number of fused-ring (bicyclic) bond motifs is 1. The monoisotopic (exact) mass is 399 g/mol. The van der Waals surface area contributed by atoms with Crippen molar-refractivity contribution < 1.29 is 23.1 Å². The maximum absolute atomic E-state index is 14.9. The Labute approximate surface area is 165 Å². The summed E-state index contributed by atoms with van der Waals surface area (Å²) < 4.78 is 36.8. The second-order valence-corrected chi connectivity index (χ2v) is 7.04. The number of cyclic esters (lactones) is 1. The minimum Gasteiger partial charge on any atom is -0.442 e. The Morgan fingerprint density at radius 2 is 1.93 bits per heavy atom. The molecule has 1 fully saturated rings. The molecule has 4 rings (SSSR count). The molecule has 0 bridgehead atoms. The number of amides is 2. The van der Waals surface area contributed by atoms with Crippen molar-refractivity contribution in [2.75, 3.05) is 18.0 Å². The molecule has 6 nitrogen and oxygen atoms in total. The highest BCUT2D eigenvalue weighted by atomic mass is 19.1. The minimum atomic E-state index is -0.770. The number of benzene rings is 2. The molecule has 0 aliphatic carbocycles. The first-order valence-electron chi connectivity index (χ1n) is 9.10. The first kappa shape index (κ1) is 18.9. The predicted octanol–water partition coefficient (Wildman–Crippen LogP) is 3.58. The van der Waals surface area contributed by atoms with Gasteiger partial charge in [0.05, 0.1) is 24.3 Å². The van der Waals surface area contributed by atoms with Crippen LogP contribution in [0.5, 0.6) is 0 Å². The van der Waals surface area contributed by atoms with Gasteiger partial charge in [0.25, 0.3) is 0 Å². The van der Waals surface area contributed by atoms with E-state index in [1.54, 1.807) is 12.1 Å². The Hall–Kier alpha value is -3.42. The zero-order valence-corrected chi connectivity index (χ0v) is 15.9. The van der Waals surface area contributed by atoms with Crippen LogP contribution in [0, 0.1) is 11.6 Å². The molecule has 0 saturated carbocycles. The van der Waals surface area contributed by atoms with E-state index in [0.717, 1.165) is 27.9 Å². The number of halogens is 2. The lowest BCUT2D eigenvalue weighted by atomic mass is 10.0. The molecule has 1 aliphatic rings. The number of anilines is 1. The topological polar surface area (TPSA) is 63.6 Å². The molecule has 2 amide bonds. The van der Waals surface area contributed by atoms with E-state index in [1.165, 1.54) is 6.92 Å². The van der Waals surface area contributed by atoms with Crippen LogP contribution in [0.25, 0.3) is 22.0 Å². The summed E-state index contributed by atoms with van der Waals surface area (Å²) >= 11 is 0. The van der Waals surface area contributed by atoms with Crippen LogP contribution in [-0.4, -0.2) is 35.8 Å². The number of rotatable bonds is 4. The molecule has 0 spiro atoms. The Morgan fingerprint density at radius 1 is 1.21 bits per heavy atom. The largest absolute Gasteiger partial charge is 0.442 e. The third-order valence-electron chi connectivity index (χ3n) is 4.97. The van der Waals surface area contributed by atoms with Crippen LogP contribution in [0.1, 0.15) is 6.92 Å². The van der Waals surface area contributed by atoms with E-state index in [-0.39, 0.29) is 30.2 Å². The van der Waals surface area contributed by atoms with Crippen LogP contribution in [0.15, 0.2) is 42.6 Å². The fraction of sp³-hybridized carbons (Fsp3) is 0.238. The van der Waals surface area contributed by atoms with Gasteiger partial charge in [0.1, 0.15) is 17.7 Å².